The summed E-state index contributed by atoms with van der Waals surface area (Å²) >= 11 is 0. The van der Waals surface area contributed by atoms with Gasteiger partial charge in [0.05, 0.1) is 18.2 Å². The van der Waals surface area contributed by atoms with Crippen molar-refractivity contribution in [3.8, 4) is 5.75 Å². The summed E-state index contributed by atoms with van der Waals surface area (Å²) in [7, 11) is 0. The van der Waals surface area contributed by atoms with Crippen molar-refractivity contribution in [2.75, 3.05) is 11.9 Å². The fourth-order valence-electron chi connectivity index (χ4n) is 3.58. The van der Waals surface area contributed by atoms with Gasteiger partial charge in [-0.25, -0.2) is 0 Å². The van der Waals surface area contributed by atoms with Gasteiger partial charge in [-0.1, -0.05) is 48.5 Å². The van der Waals surface area contributed by atoms with Gasteiger partial charge in [-0.15, -0.1) is 0 Å². The quantitative estimate of drug-likeness (QED) is 0.383. The van der Waals surface area contributed by atoms with Crippen LogP contribution in [0.4, 0.5) is 5.69 Å². The minimum absolute atomic E-state index is 0.250. The molecule has 0 saturated carbocycles. The monoisotopic (exact) mass is 451 g/mol. The molecule has 2 N–H and O–H groups in total. The minimum atomic E-state index is -0.349. The summed E-state index contributed by atoms with van der Waals surface area (Å²) in [5.41, 5.74) is 3.30. The van der Waals surface area contributed by atoms with Crippen molar-refractivity contribution in [1.82, 2.24) is 10.3 Å². The third-order valence-electron chi connectivity index (χ3n) is 5.24. The Morgan fingerprint density at radius 1 is 0.824 bits per heavy atom. The van der Waals surface area contributed by atoms with Gasteiger partial charge in [0.2, 0.25) is 0 Å². The average molecular weight is 452 g/mol. The molecule has 4 aromatic rings. The van der Waals surface area contributed by atoms with E-state index in [2.05, 4.69) is 15.6 Å². The number of aromatic nitrogens is 1. The molecular weight excluding hydrogens is 426 g/mol. The fourth-order valence-corrected chi connectivity index (χ4v) is 3.58. The van der Waals surface area contributed by atoms with Crippen molar-refractivity contribution < 1.29 is 14.3 Å². The average Bonchev–Trinajstić information content (AvgIpc) is 2.89. The van der Waals surface area contributed by atoms with Crippen LogP contribution in [-0.4, -0.2) is 23.4 Å². The maximum absolute atomic E-state index is 13.2. The second-order valence-corrected chi connectivity index (χ2v) is 7.60. The second kappa shape index (κ2) is 10.9. The van der Waals surface area contributed by atoms with Crippen molar-refractivity contribution in [3.05, 3.63) is 126 Å². The summed E-state index contributed by atoms with van der Waals surface area (Å²) in [6.45, 7) is 2.53. The van der Waals surface area contributed by atoms with Gasteiger partial charge in [0.1, 0.15) is 5.75 Å². The van der Waals surface area contributed by atoms with Gasteiger partial charge in [0.15, 0.2) is 0 Å². The van der Waals surface area contributed by atoms with Gasteiger partial charge >= 0.3 is 0 Å². The summed E-state index contributed by atoms with van der Waals surface area (Å²) in [5.74, 6) is 0.240. The normalized spacial score (nSPS) is 11.3. The smallest absolute Gasteiger partial charge is 0.257 e. The SMILES string of the molecule is CCOc1ccc(C(NC(=O)c2cccc(NC(=O)c3cccnc3)c2)c2ccccc2)cc1. The van der Waals surface area contributed by atoms with Crippen molar-refractivity contribution in [2.24, 2.45) is 0 Å². The number of pyridine rings is 1. The largest absolute Gasteiger partial charge is 0.494 e. The predicted molar refractivity (Wildman–Crippen MR) is 132 cm³/mol. The van der Waals surface area contributed by atoms with E-state index < -0.39 is 0 Å². The number of nitrogens with one attached hydrogen (secondary N) is 2. The van der Waals surface area contributed by atoms with Crippen molar-refractivity contribution in [1.29, 1.82) is 0 Å². The topological polar surface area (TPSA) is 80.3 Å². The first-order valence-electron chi connectivity index (χ1n) is 11.0. The molecule has 0 aliphatic carbocycles. The first-order chi connectivity index (χ1) is 16.6. The van der Waals surface area contributed by atoms with Crippen molar-refractivity contribution in [2.45, 2.75) is 13.0 Å². The molecule has 2 amide bonds. The lowest BCUT2D eigenvalue weighted by atomic mass is 9.98. The molecule has 170 valence electrons. The molecule has 0 saturated heterocycles. The van der Waals surface area contributed by atoms with Crippen LogP contribution in [0.5, 0.6) is 5.75 Å². The van der Waals surface area contributed by atoms with Crippen LogP contribution in [-0.2, 0) is 0 Å². The molecule has 1 atom stereocenters. The Labute approximate surface area is 198 Å². The number of carbonyl (C=O) groups is 2. The summed E-state index contributed by atoms with van der Waals surface area (Å²) in [4.78, 5) is 29.6. The Morgan fingerprint density at radius 3 is 2.26 bits per heavy atom. The Balaban J connectivity index is 1.54. The number of amides is 2. The molecular formula is C28H25N3O3. The maximum Gasteiger partial charge on any atom is 0.257 e. The van der Waals surface area contributed by atoms with Gasteiger partial charge in [-0.3, -0.25) is 14.6 Å². The zero-order chi connectivity index (χ0) is 23.8. The molecule has 0 fully saturated rings. The number of rotatable bonds is 8. The standard InChI is InChI=1S/C28H25N3O3/c1-2-34-25-15-13-21(14-16-25)26(20-8-4-3-5-9-20)31-27(32)22-10-6-12-24(18-22)30-28(33)23-11-7-17-29-19-23/h3-19,26H,2H2,1H3,(H,30,33)(H,31,32). The first kappa shape index (κ1) is 22.7. The van der Waals surface area contributed by atoms with Crippen LogP contribution in [0.3, 0.4) is 0 Å². The molecule has 0 radical (unpaired) electrons. The van der Waals surface area contributed by atoms with E-state index in [0.717, 1.165) is 16.9 Å². The third kappa shape index (κ3) is 5.66. The summed E-state index contributed by atoms with van der Waals surface area (Å²) in [6, 6.07) is 27.4. The number of anilines is 1. The number of ether oxygens (including phenoxy) is 1. The Morgan fingerprint density at radius 2 is 1.56 bits per heavy atom. The highest BCUT2D eigenvalue weighted by Gasteiger charge is 2.18. The maximum atomic E-state index is 13.2. The van der Waals surface area contributed by atoms with E-state index in [0.29, 0.717) is 23.4 Å². The van der Waals surface area contributed by atoms with Crippen LogP contribution in [0.2, 0.25) is 0 Å². The van der Waals surface area contributed by atoms with E-state index in [4.69, 9.17) is 4.74 Å². The highest BCUT2D eigenvalue weighted by atomic mass is 16.5. The number of nitrogens with zero attached hydrogens (tertiary/aromatic N) is 1. The van der Waals surface area contributed by atoms with Crippen LogP contribution in [0.25, 0.3) is 0 Å². The molecule has 0 bridgehead atoms. The summed E-state index contributed by atoms with van der Waals surface area (Å²) in [6.07, 6.45) is 3.10. The molecule has 0 aliphatic rings. The van der Waals surface area contributed by atoms with E-state index in [1.807, 2.05) is 61.5 Å². The van der Waals surface area contributed by atoms with Crippen molar-refractivity contribution >= 4 is 17.5 Å². The van der Waals surface area contributed by atoms with Crippen LogP contribution >= 0.6 is 0 Å². The molecule has 1 unspecified atom stereocenters. The molecule has 6 nitrogen and oxygen atoms in total. The lowest BCUT2D eigenvalue weighted by molar-refractivity contribution is 0.0941. The zero-order valence-corrected chi connectivity index (χ0v) is 18.8. The Hall–Kier alpha value is -4.45. The van der Waals surface area contributed by atoms with E-state index in [1.54, 1.807) is 42.6 Å². The van der Waals surface area contributed by atoms with E-state index in [9.17, 15) is 9.59 Å². The Kier molecular flexibility index (Phi) is 7.30. The van der Waals surface area contributed by atoms with Crippen LogP contribution in [0, 0.1) is 0 Å². The van der Waals surface area contributed by atoms with Crippen LogP contribution < -0.4 is 15.4 Å². The number of hydrogen-bond donors (Lipinski definition) is 2. The highest BCUT2D eigenvalue weighted by Crippen LogP contribution is 2.25. The summed E-state index contributed by atoms with van der Waals surface area (Å²) < 4.78 is 5.55. The van der Waals surface area contributed by atoms with Crippen molar-refractivity contribution in [3.63, 3.8) is 0 Å². The van der Waals surface area contributed by atoms with Gasteiger partial charge in [-0.05, 0) is 60.5 Å². The van der Waals surface area contributed by atoms with E-state index >= 15 is 0 Å². The number of benzene rings is 3. The fraction of sp³-hybridized carbons (Fsp3) is 0.107. The molecule has 0 spiro atoms. The number of hydrogen-bond acceptors (Lipinski definition) is 4. The highest BCUT2D eigenvalue weighted by molar-refractivity contribution is 6.05. The van der Waals surface area contributed by atoms with E-state index in [1.165, 1.54) is 6.20 Å². The molecule has 1 heterocycles. The van der Waals surface area contributed by atoms with Gasteiger partial charge < -0.3 is 15.4 Å². The van der Waals surface area contributed by atoms with Gasteiger partial charge in [0.25, 0.3) is 11.8 Å². The molecule has 3 aromatic carbocycles. The van der Waals surface area contributed by atoms with Gasteiger partial charge in [-0.2, -0.15) is 0 Å². The first-order valence-corrected chi connectivity index (χ1v) is 11.0. The molecule has 1 aromatic heterocycles. The molecule has 34 heavy (non-hydrogen) atoms. The lowest BCUT2D eigenvalue weighted by Crippen LogP contribution is -2.29. The predicted octanol–water partition coefficient (Wildman–Crippen LogP) is 5.25. The third-order valence-corrected chi connectivity index (χ3v) is 5.24. The number of carbonyl (C=O) groups excluding carboxylic acids is 2. The molecule has 0 aliphatic heterocycles. The molecule has 4 rings (SSSR count). The Bertz CT molecular complexity index is 1240. The minimum Gasteiger partial charge on any atom is -0.494 e. The lowest BCUT2D eigenvalue weighted by Gasteiger charge is -2.20. The zero-order valence-electron chi connectivity index (χ0n) is 18.8. The van der Waals surface area contributed by atoms with Crippen LogP contribution in [0.1, 0.15) is 44.8 Å². The summed E-state index contributed by atoms with van der Waals surface area (Å²) in [5, 5.41) is 5.94. The molecule has 6 heteroatoms. The van der Waals surface area contributed by atoms with Crippen LogP contribution in [0.15, 0.2) is 103 Å². The van der Waals surface area contributed by atoms with Gasteiger partial charge in [0, 0.05) is 23.6 Å². The van der Waals surface area contributed by atoms with E-state index in [-0.39, 0.29) is 17.9 Å². The second-order valence-electron chi connectivity index (χ2n) is 7.60.